The molecule has 2 aliphatic rings. The molecule has 4 rings (SSSR count). The first-order valence-corrected chi connectivity index (χ1v) is 10.3. The summed E-state index contributed by atoms with van der Waals surface area (Å²) in [5.41, 5.74) is 1.87. The van der Waals surface area contributed by atoms with Gasteiger partial charge in [0.05, 0.1) is 12.7 Å². The number of likely N-dealkylation sites (tertiary alicyclic amines) is 1. The third kappa shape index (κ3) is 3.73. The van der Waals surface area contributed by atoms with Crippen molar-refractivity contribution in [2.45, 2.75) is 50.3 Å². The normalized spacial score (nSPS) is 28.6. The van der Waals surface area contributed by atoms with Crippen LogP contribution in [0.2, 0.25) is 5.02 Å². The molecule has 1 saturated carbocycles. The highest BCUT2D eigenvalue weighted by Gasteiger charge is 2.48. The van der Waals surface area contributed by atoms with Crippen molar-refractivity contribution in [1.29, 1.82) is 0 Å². The predicted molar refractivity (Wildman–Crippen MR) is 109 cm³/mol. The van der Waals surface area contributed by atoms with E-state index < -0.39 is 5.60 Å². The molecular weight excluding hydrogens is 358 g/mol. The van der Waals surface area contributed by atoms with Crippen molar-refractivity contribution in [3.63, 3.8) is 0 Å². The Morgan fingerprint density at radius 1 is 1.11 bits per heavy atom. The van der Waals surface area contributed by atoms with Gasteiger partial charge >= 0.3 is 0 Å². The molecule has 1 saturated heterocycles. The molecule has 0 radical (unpaired) electrons. The number of rotatable bonds is 4. The largest absolute Gasteiger partial charge is 0.497 e. The van der Waals surface area contributed by atoms with Gasteiger partial charge in [-0.25, -0.2) is 0 Å². The van der Waals surface area contributed by atoms with Gasteiger partial charge in [0.1, 0.15) is 5.75 Å². The molecule has 0 unspecified atom stereocenters. The van der Waals surface area contributed by atoms with Gasteiger partial charge in [-0.2, -0.15) is 0 Å². The number of aliphatic hydroxyl groups is 1. The first-order valence-electron chi connectivity index (χ1n) is 9.94. The Bertz CT molecular complexity index is 778. The Morgan fingerprint density at radius 3 is 2.63 bits per heavy atom. The molecule has 0 amide bonds. The van der Waals surface area contributed by atoms with Gasteiger partial charge in [-0.3, -0.25) is 4.90 Å². The first-order chi connectivity index (χ1) is 13.1. The highest BCUT2D eigenvalue weighted by molar-refractivity contribution is 6.31. The summed E-state index contributed by atoms with van der Waals surface area (Å²) >= 11 is 6.45. The van der Waals surface area contributed by atoms with Gasteiger partial charge in [-0.1, -0.05) is 54.8 Å². The monoisotopic (exact) mass is 385 g/mol. The zero-order valence-corrected chi connectivity index (χ0v) is 16.7. The van der Waals surface area contributed by atoms with E-state index in [0.29, 0.717) is 0 Å². The molecule has 1 heterocycles. The molecule has 2 aromatic carbocycles. The minimum Gasteiger partial charge on any atom is -0.497 e. The number of hydrogen-bond donors (Lipinski definition) is 1. The van der Waals surface area contributed by atoms with Crippen LogP contribution in [0, 0.1) is 5.92 Å². The molecule has 144 valence electrons. The van der Waals surface area contributed by atoms with E-state index in [1.165, 1.54) is 12.0 Å². The number of fused-ring (bicyclic) bond motifs is 1. The molecule has 27 heavy (non-hydrogen) atoms. The molecular formula is C23H28ClNO2. The van der Waals surface area contributed by atoms with Crippen LogP contribution in [0.4, 0.5) is 0 Å². The van der Waals surface area contributed by atoms with Crippen LogP contribution in [0.1, 0.15) is 49.3 Å². The maximum absolute atomic E-state index is 11.4. The summed E-state index contributed by atoms with van der Waals surface area (Å²) in [4.78, 5) is 2.51. The molecule has 1 aliphatic carbocycles. The van der Waals surface area contributed by atoms with E-state index in [-0.39, 0.29) is 12.0 Å². The number of nitrogens with zero attached hydrogens (tertiary/aromatic N) is 1. The van der Waals surface area contributed by atoms with Gasteiger partial charge in [-0.15, -0.1) is 0 Å². The molecule has 2 aromatic rings. The maximum Gasteiger partial charge on any atom is 0.118 e. The van der Waals surface area contributed by atoms with E-state index >= 15 is 0 Å². The summed E-state index contributed by atoms with van der Waals surface area (Å²) in [6.07, 6.45) is 5.16. The van der Waals surface area contributed by atoms with Crippen LogP contribution in [-0.4, -0.2) is 29.3 Å². The average molecular weight is 386 g/mol. The fourth-order valence-corrected chi connectivity index (χ4v) is 5.20. The third-order valence-corrected chi connectivity index (χ3v) is 6.83. The molecule has 1 aliphatic heterocycles. The molecule has 4 heteroatoms. The van der Waals surface area contributed by atoms with Crippen molar-refractivity contribution in [1.82, 2.24) is 4.90 Å². The van der Waals surface area contributed by atoms with Gasteiger partial charge in [0.2, 0.25) is 0 Å². The van der Waals surface area contributed by atoms with Crippen LogP contribution in [0.25, 0.3) is 0 Å². The van der Waals surface area contributed by atoms with Gasteiger partial charge in [0.25, 0.3) is 0 Å². The zero-order chi connectivity index (χ0) is 18.9. The smallest absolute Gasteiger partial charge is 0.118 e. The van der Waals surface area contributed by atoms with Crippen molar-refractivity contribution < 1.29 is 9.84 Å². The van der Waals surface area contributed by atoms with Crippen molar-refractivity contribution in [2.75, 3.05) is 13.7 Å². The number of halogens is 1. The highest BCUT2D eigenvalue weighted by Crippen LogP contribution is 2.49. The van der Waals surface area contributed by atoms with Crippen molar-refractivity contribution in [3.05, 3.63) is 64.7 Å². The second kappa shape index (κ2) is 7.83. The molecule has 0 bridgehead atoms. The quantitative estimate of drug-likeness (QED) is 0.783. The lowest BCUT2D eigenvalue weighted by Crippen LogP contribution is -2.54. The topological polar surface area (TPSA) is 32.7 Å². The fourth-order valence-electron chi connectivity index (χ4n) is 5.01. The number of benzene rings is 2. The minimum absolute atomic E-state index is 0.200. The van der Waals surface area contributed by atoms with E-state index in [0.717, 1.165) is 55.1 Å². The SMILES string of the molecule is COc1ccc([C@@H]2[C@@H]3CCCC[C@@]3(O)CCN2Cc2ccccc2Cl)cc1. The molecule has 1 N–H and O–H groups in total. The van der Waals surface area contributed by atoms with Crippen LogP contribution < -0.4 is 4.74 Å². The molecule has 3 atom stereocenters. The second-order valence-corrected chi connectivity index (χ2v) is 8.39. The van der Waals surface area contributed by atoms with Crippen LogP contribution >= 0.6 is 11.6 Å². The van der Waals surface area contributed by atoms with Crippen LogP contribution in [0.5, 0.6) is 5.75 Å². The summed E-state index contributed by atoms with van der Waals surface area (Å²) in [5.74, 6) is 1.13. The Morgan fingerprint density at radius 2 is 1.89 bits per heavy atom. The van der Waals surface area contributed by atoms with E-state index in [2.05, 4.69) is 23.1 Å². The third-order valence-electron chi connectivity index (χ3n) is 6.46. The van der Waals surface area contributed by atoms with Gasteiger partial charge in [0, 0.05) is 30.1 Å². The summed E-state index contributed by atoms with van der Waals surface area (Å²) in [6, 6.07) is 16.7. The van der Waals surface area contributed by atoms with E-state index in [1.54, 1.807) is 7.11 Å². The Hall–Kier alpha value is -1.55. The lowest BCUT2D eigenvalue weighted by atomic mass is 9.66. The number of methoxy groups -OCH3 is 1. The summed E-state index contributed by atoms with van der Waals surface area (Å²) in [5, 5.41) is 12.2. The maximum atomic E-state index is 11.4. The Kier molecular flexibility index (Phi) is 5.45. The summed E-state index contributed by atoms with van der Waals surface area (Å²) < 4.78 is 5.34. The van der Waals surface area contributed by atoms with Crippen molar-refractivity contribution >= 4 is 11.6 Å². The molecule has 2 fully saturated rings. The molecule has 0 aromatic heterocycles. The minimum atomic E-state index is -0.542. The van der Waals surface area contributed by atoms with Gasteiger partial charge in [-0.05, 0) is 48.6 Å². The number of piperidine rings is 1. The van der Waals surface area contributed by atoms with E-state index in [4.69, 9.17) is 16.3 Å². The van der Waals surface area contributed by atoms with Gasteiger partial charge in [0.15, 0.2) is 0 Å². The number of ether oxygens (including phenoxy) is 1. The van der Waals surface area contributed by atoms with E-state index in [1.807, 2.05) is 30.3 Å². The first kappa shape index (κ1) is 18.8. The lowest BCUT2D eigenvalue weighted by molar-refractivity contribution is -0.126. The Labute approximate surface area is 166 Å². The highest BCUT2D eigenvalue weighted by atomic mass is 35.5. The van der Waals surface area contributed by atoms with Gasteiger partial charge < -0.3 is 9.84 Å². The zero-order valence-electron chi connectivity index (χ0n) is 15.9. The second-order valence-electron chi connectivity index (χ2n) is 7.99. The molecule has 3 nitrogen and oxygen atoms in total. The van der Waals surface area contributed by atoms with Crippen LogP contribution in [0.3, 0.4) is 0 Å². The predicted octanol–water partition coefficient (Wildman–Crippen LogP) is 5.22. The fraction of sp³-hybridized carbons (Fsp3) is 0.478. The van der Waals surface area contributed by atoms with Crippen molar-refractivity contribution in [2.24, 2.45) is 5.92 Å². The lowest BCUT2D eigenvalue weighted by Gasteiger charge is -2.53. The van der Waals surface area contributed by atoms with Crippen LogP contribution in [-0.2, 0) is 6.54 Å². The van der Waals surface area contributed by atoms with Crippen LogP contribution in [0.15, 0.2) is 48.5 Å². The molecule has 0 spiro atoms. The summed E-state index contributed by atoms with van der Waals surface area (Å²) in [7, 11) is 1.69. The average Bonchev–Trinajstić information content (AvgIpc) is 2.70. The summed E-state index contributed by atoms with van der Waals surface area (Å²) in [6.45, 7) is 1.69. The standard InChI is InChI=1S/C23H28ClNO2/c1-27-19-11-9-17(10-12-19)22-20-7-4-5-13-23(20,26)14-15-25(22)16-18-6-2-3-8-21(18)24/h2-3,6,8-12,20,22,26H,4-5,7,13-16H2,1H3/t20-,22+,23+/m0/s1. The van der Waals surface area contributed by atoms with E-state index in [9.17, 15) is 5.11 Å². The Balaban J connectivity index is 1.69. The number of hydrogen-bond acceptors (Lipinski definition) is 3. The van der Waals surface area contributed by atoms with Crippen molar-refractivity contribution in [3.8, 4) is 5.75 Å².